The summed E-state index contributed by atoms with van der Waals surface area (Å²) in [4.78, 5) is 21.5. The molecule has 0 aliphatic carbocycles. The van der Waals surface area contributed by atoms with Crippen LogP contribution in [0.15, 0.2) is 67.2 Å². The minimum absolute atomic E-state index is 0.0706. The molecule has 0 radical (unpaired) electrons. The van der Waals surface area contributed by atoms with Gasteiger partial charge in [-0.15, -0.1) is 9.00 Å². The molecule has 0 saturated carbocycles. The molecule has 3 aromatic heterocycles. The van der Waals surface area contributed by atoms with Crippen molar-refractivity contribution in [1.82, 2.24) is 14.0 Å². The van der Waals surface area contributed by atoms with E-state index < -0.39 is 5.63 Å². The first kappa shape index (κ1) is 16.5. The molecule has 0 atom stereocenters. The molecule has 2 aromatic carbocycles. The molecule has 3 heterocycles. The summed E-state index contributed by atoms with van der Waals surface area (Å²) in [7, 11) is 0. The Morgan fingerprint density at radius 1 is 1.14 bits per heavy atom. The van der Waals surface area contributed by atoms with Crippen LogP contribution in [0.5, 0.6) is 5.75 Å². The third kappa shape index (κ3) is 2.69. The first-order valence-corrected chi connectivity index (χ1v) is 9.09. The van der Waals surface area contributed by atoms with Gasteiger partial charge in [0.05, 0.1) is 11.1 Å². The zero-order chi connectivity index (χ0) is 19.3. The van der Waals surface area contributed by atoms with E-state index in [0.717, 1.165) is 22.8 Å². The maximum Gasteiger partial charge on any atom is 0.353 e. The van der Waals surface area contributed by atoms with Crippen molar-refractivity contribution in [1.29, 1.82) is 0 Å². The number of para-hydroxylation sites is 1. The summed E-state index contributed by atoms with van der Waals surface area (Å²) in [5, 5.41) is 15.2. The summed E-state index contributed by atoms with van der Waals surface area (Å²) in [5.74, 6) is -0.147. The van der Waals surface area contributed by atoms with Crippen molar-refractivity contribution in [3.05, 3.63) is 69.3 Å². The van der Waals surface area contributed by atoms with Crippen molar-refractivity contribution in [2.75, 3.05) is 0 Å². The van der Waals surface area contributed by atoms with E-state index in [1.807, 2.05) is 43.3 Å². The van der Waals surface area contributed by atoms with Gasteiger partial charge in [-0.3, -0.25) is 0 Å². The molecule has 0 bridgehead atoms. The molecule has 0 spiro atoms. The Bertz CT molecular complexity index is 1430. The number of fused-ring (bicyclic) bond motifs is 2. The highest BCUT2D eigenvalue weighted by atomic mass is 32.1. The van der Waals surface area contributed by atoms with Gasteiger partial charge < -0.3 is 13.9 Å². The van der Waals surface area contributed by atoms with E-state index in [4.69, 9.17) is 8.83 Å². The van der Waals surface area contributed by atoms with Crippen molar-refractivity contribution in [2.45, 2.75) is 6.92 Å². The summed E-state index contributed by atoms with van der Waals surface area (Å²) in [5.41, 5.74) is 1.08. The second-order valence-electron chi connectivity index (χ2n) is 6.11. The van der Waals surface area contributed by atoms with Gasteiger partial charge in [0.15, 0.2) is 5.56 Å². The molecule has 0 amide bonds. The zero-order valence-electron chi connectivity index (χ0n) is 14.5. The van der Waals surface area contributed by atoms with E-state index >= 15 is 0 Å². The van der Waals surface area contributed by atoms with Crippen LogP contribution in [0.1, 0.15) is 5.56 Å². The van der Waals surface area contributed by atoms with Crippen LogP contribution < -0.4 is 10.4 Å². The molecule has 0 unspecified atom stereocenters. The van der Waals surface area contributed by atoms with Crippen LogP contribution in [0, 0.1) is 6.92 Å². The molecule has 0 fully saturated rings. The molecule has 138 valence electrons. The third-order valence-corrected chi connectivity index (χ3v) is 4.88. The average Bonchev–Trinajstić information content (AvgIpc) is 3.20. The predicted molar refractivity (Wildman–Crippen MR) is 103 cm³/mol. The Balaban J connectivity index is 1.64. The Hall–Kier alpha value is -3.72. The second-order valence-corrected chi connectivity index (χ2v) is 7.00. The monoisotopic (exact) mass is 392 g/mol. The lowest BCUT2D eigenvalue weighted by Gasteiger charge is -2.03. The van der Waals surface area contributed by atoms with Crippen LogP contribution in [0.25, 0.3) is 28.3 Å². The minimum Gasteiger partial charge on any atom is -0.506 e. The SMILES string of the molecule is Cc1ccc2c(O)c(-c3nn4sc(=Nc5ccccc5)nc4o3)c(=O)oc2c1. The van der Waals surface area contributed by atoms with Gasteiger partial charge in [-0.1, -0.05) is 24.3 Å². The summed E-state index contributed by atoms with van der Waals surface area (Å²) in [6, 6.07) is 14.5. The van der Waals surface area contributed by atoms with E-state index in [1.54, 1.807) is 12.1 Å². The summed E-state index contributed by atoms with van der Waals surface area (Å²) >= 11 is 1.14. The highest BCUT2D eigenvalue weighted by Crippen LogP contribution is 2.33. The van der Waals surface area contributed by atoms with Gasteiger partial charge in [0.25, 0.3) is 5.89 Å². The standard InChI is InChI=1S/C19H12N4O4S/c1-10-7-8-12-13(9-10)26-17(25)14(15(12)24)16-22-23-19(27-16)21-18(28-23)20-11-5-3-2-4-6-11/h2-9,24H,1H3. The molecular formula is C19H12N4O4S. The van der Waals surface area contributed by atoms with Gasteiger partial charge in [-0.05, 0) is 36.8 Å². The number of hydrogen-bond acceptors (Lipinski definition) is 8. The summed E-state index contributed by atoms with van der Waals surface area (Å²) in [6.07, 6.45) is 0. The van der Waals surface area contributed by atoms with Gasteiger partial charge in [0.1, 0.15) is 11.3 Å². The van der Waals surface area contributed by atoms with E-state index in [0.29, 0.717) is 15.8 Å². The molecule has 28 heavy (non-hydrogen) atoms. The van der Waals surface area contributed by atoms with Crippen LogP contribution in [0.2, 0.25) is 0 Å². The average molecular weight is 392 g/mol. The number of benzene rings is 2. The Morgan fingerprint density at radius 3 is 2.75 bits per heavy atom. The fraction of sp³-hybridized carbons (Fsp3) is 0.0526. The van der Waals surface area contributed by atoms with Crippen molar-refractivity contribution in [3.8, 4) is 17.2 Å². The number of rotatable bonds is 2. The first-order chi connectivity index (χ1) is 13.6. The second kappa shape index (κ2) is 6.17. The highest BCUT2D eigenvalue weighted by molar-refractivity contribution is 7.03. The van der Waals surface area contributed by atoms with E-state index in [2.05, 4.69) is 15.1 Å². The lowest BCUT2D eigenvalue weighted by Crippen LogP contribution is -2.04. The molecule has 1 N–H and O–H groups in total. The largest absolute Gasteiger partial charge is 0.506 e. The van der Waals surface area contributed by atoms with E-state index in [1.165, 1.54) is 3.90 Å². The zero-order valence-corrected chi connectivity index (χ0v) is 15.3. The fourth-order valence-electron chi connectivity index (χ4n) is 2.82. The van der Waals surface area contributed by atoms with Crippen molar-refractivity contribution in [3.63, 3.8) is 0 Å². The van der Waals surface area contributed by atoms with E-state index in [9.17, 15) is 9.90 Å². The Morgan fingerprint density at radius 2 is 1.96 bits per heavy atom. The van der Waals surface area contributed by atoms with Crippen LogP contribution in [0.4, 0.5) is 5.69 Å². The lowest BCUT2D eigenvalue weighted by molar-refractivity contribution is 0.466. The predicted octanol–water partition coefficient (Wildman–Crippen LogP) is 3.40. The maximum atomic E-state index is 12.4. The summed E-state index contributed by atoms with van der Waals surface area (Å²) in [6.45, 7) is 1.87. The molecule has 5 rings (SSSR count). The Labute approximate surface area is 160 Å². The van der Waals surface area contributed by atoms with Crippen molar-refractivity contribution in [2.24, 2.45) is 4.99 Å². The molecule has 8 nitrogen and oxygen atoms in total. The molecule has 9 heteroatoms. The van der Waals surface area contributed by atoms with Gasteiger partial charge in [0.2, 0.25) is 4.80 Å². The van der Waals surface area contributed by atoms with Gasteiger partial charge >= 0.3 is 11.5 Å². The number of aromatic nitrogens is 3. The highest BCUT2D eigenvalue weighted by Gasteiger charge is 2.22. The van der Waals surface area contributed by atoms with Crippen LogP contribution >= 0.6 is 11.5 Å². The fourth-order valence-corrected chi connectivity index (χ4v) is 3.51. The van der Waals surface area contributed by atoms with Crippen molar-refractivity contribution >= 4 is 34.0 Å². The van der Waals surface area contributed by atoms with Crippen LogP contribution in [-0.2, 0) is 0 Å². The molecule has 0 saturated heterocycles. The molecular weight excluding hydrogens is 380 g/mol. The Kier molecular flexibility index (Phi) is 3.63. The molecule has 0 aliphatic rings. The smallest absolute Gasteiger partial charge is 0.353 e. The minimum atomic E-state index is -0.737. The quantitative estimate of drug-likeness (QED) is 0.462. The topological polar surface area (TPSA) is 106 Å². The molecule has 0 aliphatic heterocycles. The number of aromatic hydroxyl groups is 1. The molecule has 5 aromatic rings. The third-order valence-electron chi connectivity index (χ3n) is 4.12. The summed E-state index contributed by atoms with van der Waals surface area (Å²) < 4.78 is 12.3. The normalized spacial score (nSPS) is 12.2. The van der Waals surface area contributed by atoms with E-state index in [-0.39, 0.29) is 23.0 Å². The van der Waals surface area contributed by atoms with Gasteiger partial charge in [-0.2, -0.15) is 4.98 Å². The first-order valence-electron chi connectivity index (χ1n) is 8.32. The number of hydrogen-bond donors (Lipinski definition) is 1. The number of nitrogens with zero attached hydrogens (tertiary/aromatic N) is 4. The van der Waals surface area contributed by atoms with Crippen LogP contribution in [-0.4, -0.2) is 19.1 Å². The van der Waals surface area contributed by atoms with Gasteiger partial charge in [-0.25, -0.2) is 9.79 Å². The van der Waals surface area contributed by atoms with Crippen molar-refractivity contribution < 1.29 is 13.9 Å². The lowest BCUT2D eigenvalue weighted by atomic mass is 10.1. The number of aryl methyl sites for hydroxylation is 1. The maximum absolute atomic E-state index is 12.4. The van der Waals surface area contributed by atoms with Gasteiger partial charge in [0, 0.05) is 11.5 Å². The van der Waals surface area contributed by atoms with Crippen LogP contribution in [0.3, 0.4) is 0 Å².